The Morgan fingerprint density at radius 1 is 0.949 bits per heavy atom. The Hall–Kier alpha value is -3.71. The fourth-order valence-electron chi connectivity index (χ4n) is 5.31. The highest BCUT2D eigenvalue weighted by atomic mass is 16.7. The van der Waals surface area contributed by atoms with Gasteiger partial charge in [-0.1, -0.05) is 60.7 Å². The van der Waals surface area contributed by atoms with Crippen LogP contribution in [0.15, 0.2) is 60.7 Å². The molecule has 2 aliphatic heterocycles. The van der Waals surface area contributed by atoms with Crippen molar-refractivity contribution >= 4 is 6.09 Å². The maximum atomic E-state index is 13.6. The maximum absolute atomic E-state index is 13.6. The van der Waals surface area contributed by atoms with Gasteiger partial charge in [0, 0.05) is 22.7 Å². The highest BCUT2D eigenvalue weighted by molar-refractivity contribution is 5.73. The Bertz CT molecular complexity index is 1300. The average Bonchev–Trinajstić information content (AvgIpc) is 3.39. The highest BCUT2D eigenvalue weighted by Crippen LogP contribution is 2.52. The van der Waals surface area contributed by atoms with Crippen LogP contribution in [-0.2, 0) is 29.1 Å². The first-order valence-corrected chi connectivity index (χ1v) is 13.5. The molecule has 7 nitrogen and oxygen atoms in total. The van der Waals surface area contributed by atoms with Crippen molar-refractivity contribution < 1.29 is 28.5 Å². The van der Waals surface area contributed by atoms with Crippen molar-refractivity contribution in [3.63, 3.8) is 0 Å². The van der Waals surface area contributed by atoms with Crippen LogP contribution in [0.2, 0.25) is 0 Å². The number of carbonyl (C=O) groups excluding carboxylic acids is 1. The standard InChI is InChI=1S/C32H37NO6/c1-21-16-25-27(30-29(37-20-38-30)22(2)28(25)36-18-24-14-10-7-11-15-24)26(33(21)31(34)39-32(3,4)5)19-35-17-23-12-8-6-9-13-23/h6-15,21,26H,16-20H2,1-5H3/t21-,26+/m1/s1. The summed E-state index contributed by atoms with van der Waals surface area (Å²) in [5.74, 6) is 2.09. The third kappa shape index (κ3) is 5.83. The van der Waals surface area contributed by atoms with Crippen LogP contribution in [0.4, 0.5) is 4.79 Å². The van der Waals surface area contributed by atoms with Crippen molar-refractivity contribution in [2.75, 3.05) is 13.4 Å². The van der Waals surface area contributed by atoms with Gasteiger partial charge in [0.1, 0.15) is 18.0 Å². The van der Waals surface area contributed by atoms with E-state index in [1.54, 1.807) is 4.90 Å². The summed E-state index contributed by atoms with van der Waals surface area (Å²) in [4.78, 5) is 15.4. The summed E-state index contributed by atoms with van der Waals surface area (Å²) in [7, 11) is 0. The first-order chi connectivity index (χ1) is 18.7. The van der Waals surface area contributed by atoms with Crippen LogP contribution in [0.3, 0.4) is 0 Å². The van der Waals surface area contributed by atoms with Crippen molar-refractivity contribution in [2.24, 2.45) is 0 Å². The average molecular weight is 532 g/mol. The van der Waals surface area contributed by atoms with Gasteiger partial charge in [0.05, 0.1) is 19.3 Å². The first-order valence-electron chi connectivity index (χ1n) is 13.5. The summed E-state index contributed by atoms with van der Waals surface area (Å²) in [5.41, 5.74) is 4.29. The van der Waals surface area contributed by atoms with E-state index < -0.39 is 11.6 Å². The highest BCUT2D eigenvalue weighted by Gasteiger charge is 2.44. The summed E-state index contributed by atoms with van der Waals surface area (Å²) >= 11 is 0. The summed E-state index contributed by atoms with van der Waals surface area (Å²) in [6.45, 7) is 10.9. The minimum absolute atomic E-state index is 0.115. The summed E-state index contributed by atoms with van der Waals surface area (Å²) in [6, 6.07) is 19.5. The van der Waals surface area contributed by atoms with Gasteiger partial charge in [0.25, 0.3) is 0 Å². The smallest absolute Gasteiger partial charge is 0.411 e. The second kappa shape index (κ2) is 11.2. The molecule has 0 aliphatic carbocycles. The second-order valence-corrected chi connectivity index (χ2v) is 11.1. The lowest BCUT2D eigenvalue weighted by Crippen LogP contribution is -2.49. The SMILES string of the molecule is Cc1c(OCc2ccccc2)c2c(c3c1OCO3)[C@H](COCc1ccccc1)N(C(=O)OC(C)(C)C)[C@H](C)C2. The number of ether oxygens (including phenoxy) is 5. The van der Waals surface area contributed by atoms with Crippen LogP contribution < -0.4 is 14.2 Å². The lowest BCUT2D eigenvalue weighted by molar-refractivity contribution is -0.0169. The minimum atomic E-state index is -0.634. The third-order valence-electron chi connectivity index (χ3n) is 7.00. The van der Waals surface area contributed by atoms with Gasteiger partial charge in [-0.3, -0.25) is 4.90 Å². The molecule has 2 aliphatic rings. The first kappa shape index (κ1) is 26.9. The monoisotopic (exact) mass is 531 g/mol. The number of fused-ring (bicyclic) bond motifs is 3. The van der Waals surface area contributed by atoms with Gasteiger partial charge >= 0.3 is 6.09 Å². The molecule has 3 aromatic rings. The normalized spacial score (nSPS) is 18.0. The van der Waals surface area contributed by atoms with E-state index in [9.17, 15) is 4.79 Å². The number of carbonyl (C=O) groups is 1. The number of amides is 1. The van der Waals surface area contributed by atoms with Gasteiger partial charge in [0.2, 0.25) is 6.79 Å². The summed E-state index contributed by atoms with van der Waals surface area (Å²) in [6.07, 6.45) is 0.208. The van der Waals surface area contributed by atoms with E-state index in [4.69, 9.17) is 23.7 Å². The van der Waals surface area contributed by atoms with Crippen LogP contribution in [-0.4, -0.2) is 36.0 Å². The van der Waals surface area contributed by atoms with Gasteiger partial charge in [-0.05, 0) is 52.2 Å². The Kier molecular flexibility index (Phi) is 7.71. The molecule has 2 atom stereocenters. The molecule has 1 amide bonds. The maximum Gasteiger partial charge on any atom is 0.411 e. The topological polar surface area (TPSA) is 66.5 Å². The van der Waals surface area contributed by atoms with E-state index in [1.807, 2.05) is 95.3 Å². The van der Waals surface area contributed by atoms with Gasteiger partial charge in [-0.2, -0.15) is 0 Å². The molecular weight excluding hydrogens is 494 g/mol. The molecule has 5 rings (SSSR count). The Balaban J connectivity index is 1.54. The number of nitrogens with zero attached hydrogens (tertiary/aromatic N) is 1. The molecule has 2 heterocycles. The molecule has 7 heteroatoms. The zero-order valence-corrected chi connectivity index (χ0v) is 23.4. The zero-order chi connectivity index (χ0) is 27.6. The van der Waals surface area contributed by atoms with Crippen LogP contribution in [0.1, 0.15) is 61.6 Å². The van der Waals surface area contributed by atoms with Crippen molar-refractivity contribution in [3.05, 3.63) is 88.5 Å². The molecule has 0 unspecified atom stereocenters. The molecule has 39 heavy (non-hydrogen) atoms. The molecule has 0 N–H and O–H groups in total. The van der Waals surface area contributed by atoms with Crippen molar-refractivity contribution in [2.45, 2.75) is 71.9 Å². The third-order valence-corrected chi connectivity index (χ3v) is 7.00. The van der Waals surface area contributed by atoms with Gasteiger partial charge in [0.15, 0.2) is 11.5 Å². The van der Waals surface area contributed by atoms with Crippen molar-refractivity contribution in [3.8, 4) is 17.2 Å². The van der Waals surface area contributed by atoms with E-state index in [0.717, 1.165) is 33.6 Å². The number of rotatable bonds is 7. The molecule has 3 aromatic carbocycles. The summed E-state index contributed by atoms with van der Waals surface area (Å²) in [5, 5.41) is 0. The fraction of sp³-hybridized carbons (Fsp3) is 0.406. The predicted octanol–water partition coefficient (Wildman–Crippen LogP) is 6.74. The lowest BCUT2D eigenvalue weighted by atomic mass is 9.85. The van der Waals surface area contributed by atoms with Crippen molar-refractivity contribution in [1.82, 2.24) is 4.90 Å². The Labute approximate surface area is 230 Å². The zero-order valence-electron chi connectivity index (χ0n) is 23.4. The number of hydrogen-bond acceptors (Lipinski definition) is 6. The fourth-order valence-corrected chi connectivity index (χ4v) is 5.31. The Morgan fingerprint density at radius 3 is 2.21 bits per heavy atom. The molecule has 0 saturated carbocycles. The van der Waals surface area contributed by atoms with Crippen molar-refractivity contribution in [1.29, 1.82) is 0 Å². The quantitative estimate of drug-likeness (QED) is 0.336. The van der Waals surface area contributed by atoms with E-state index in [0.29, 0.717) is 31.1 Å². The summed E-state index contributed by atoms with van der Waals surface area (Å²) < 4.78 is 30.6. The van der Waals surface area contributed by atoms with Gasteiger partial charge in [-0.15, -0.1) is 0 Å². The largest absolute Gasteiger partial charge is 0.488 e. The van der Waals surface area contributed by atoms with Gasteiger partial charge in [-0.25, -0.2) is 4.79 Å². The molecule has 206 valence electrons. The molecule has 0 saturated heterocycles. The van der Waals surface area contributed by atoms with Crippen LogP contribution >= 0.6 is 0 Å². The second-order valence-electron chi connectivity index (χ2n) is 11.1. The van der Waals surface area contributed by atoms with E-state index in [1.165, 1.54) is 0 Å². The lowest BCUT2D eigenvalue weighted by Gasteiger charge is -2.43. The number of benzene rings is 3. The minimum Gasteiger partial charge on any atom is -0.488 e. The van der Waals surface area contributed by atoms with E-state index >= 15 is 0 Å². The van der Waals surface area contributed by atoms with Crippen LogP contribution in [0.25, 0.3) is 0 Å². The van der Waals surface area contributed by atoms with E-state index in [2.05, 4.69) is 0 Å². The Morgan fingerprint density at radius 2 is 1.56 bits per heavy atom. The number of hydrogen-bond donors (Lipinski definition) is 0. The predicted molar refractivity (Wildman–Crippen MR) is 148 cm³/mol. The van der Waals surface area contributed by atoms with Crippen LogP contribution in [0, 0.1) is 6.92 Å². The van der Waals surface area contributed by atoms with Crippen LogP contribution in [0.5, 0.6) is 17.2 Å². The van der Waals surface area contributed by atoms with Gasteiger partial charge < -0.3 is 23.7 Å². The van der Waals surface area contributed by atoms with E-state index in [-0.39, 0.29) is 25.5 Å². The molecule has 0 fully saturated rings. The molecule has 0 spiro atoms. The molecule has 0 radical (unpaired) electrons. The molecule has 0 bridgehead atoms. The molecule has 0 aromatic heterocycles. The molecular formula is C32H37NO6.